The van der Waals surface area contributed by atoms with Gasteiger partial charge in [0.2, 0.25) is 0 Å². The van der Waals surface area contributed by atoms with Crippen LogP contribution in [0.3, 0.4) is 0 Å². The molecule has 1 heterocycles. The van der Waals surface area contributed by atoms with Crippen LogP contribution in [0.15, 0.2) is 36.4 Å². The molecule has 0 saturated heterocycles. The number of rotatable bonds is 3. The van der Waals surface area contributed by atoms with Gasteiger partial charge in [-0.05, 0) is 18.9 Å². The molecule has 1 N–H and O–H groups in total. The van der Waals surface area contributed by atoms with Crippen molar-refractivity contribution in [3.63, 3.8) is 0 Å². The second kappa shape index (κ2) is 4.88. The van der Waals surface area contributed by atoms with Gasteiger partial charge in [0.05, 0.1) is 11.7 Å². The highest BCUT2D eigenvalue weighted by Crippen LogP contribution is 2.31. The average molecular weight is 256 g/mol. The Labute approximate surface area is 111 Å². The maximum absolute atomic E-state index is 11.4. The van der Waals surface area contributed by atoms with Crippen LogP contribution in [0.25, 0.3) is 11.3 Å². The molecule has 0 bridgehead atoms. The molecule has 0 amide bonds. The number of nitrogens with zero attached hydrogens (tertiary/aromatic N) is 2. The van der Waals surface area contributed by atoms with Crippen molar-refractivity contribution < 1.29 is 9.90 Å². The molecular formula is C15H16N2O2. The van der Waals surface area contributed by atoms with Crippen molar-refractivity contribution >= 4 is 5.97 Å². The lowest BCUT2D eigenvalue weighted by atomic mass is 10.1. The topological polar surface area (TPSA) is 55.1 Å². The van der Waals surface area contributed by atoms with Crippen LogP contribution in [0, 0.1) is 0 Å². The molecular weight excluding hydrogens is 240 g/mol. The zero-order valence-corrected chi connectivity index (χ0v) is 10.6. The first-order valence-electron chi connectivity index (χ1n) is 6.64. The fraction of sp³-hybridized carbons (Fsp3) is 0.333. The predicted molar refractivity (Wildman–Crippen MR) is 72.1 cm³/mol. The van der Waals surface area contributed by atoms with E-state index in [1.54, 1.807) is 10.7 Å². The fourth-order valence-electron chi connectivity index (χ4n) is 2.73. The van der Waals surface area contributed by atoms with Crippen LogP contribution in [0.2, 0.25) is 0 Å². The molecule has 1 aliphatic rings. The van der Waals surface area contributed by atoms with E-state index in [1.807, 2.05) is 30.3 Å². The number of carbonyl (C=O) groups is 1. The van der Waals surface area contributed by atoms with E-state index in [1.165, 1.54) is 0 Å². The summed E-state index contributed by atoms with van der Waals surface area (Å²) in [6, 6.07) is 11.6. The highest BCUT2D eigenvalue weighted by atomic mass is 16.4. The molecule has 1 aromatic carbocycles. The molecule has 0 radical (unpaired) electrons. The van der Waals surface area contributed by atoms with Crippen molar-refractivity contribution in [1.82, 2.24) is 9.78 Å². The quantitative estimate of drug-likeness (QED) is 0.916. The minimum Gasteiger partial charge on any atom is -0.477 e. The van der Waals surface area contributed by atoms with E-state index in [9.17, 15) is 9.90 Å². The van der Waals surface area contributed by atoms with Gasteiger partial charge in [-0.25, -0.2) is 4.79 Å². The van der Waals surface area contributed by atoms with Crippen LogP contribution in [-0.4, -0.2) is 20.9 Å². The normalized spacial score (nSPS) is 15.8. The summed E-state index contributed by atoms with van der Waals surface area (Å²) in [4.78, 5) is 11.4. The molecule has 0 atom stereocenters. The Morgan fingerprint density at radius 2 is 1.89 bits per heavy atom. The number of hydrogen-bond acceptors (Lipinski definition) is 2. The lowest BCUT2D eigenvalue weighted by molar-refractivity contribution is 0.0680. The summed E-state index contributed by atoms with van der Waals surface area (Å²) >= 11 is 0. The van der Waals surface area contributed by atoms with Crippen LogP contribution >= 0.6 is 0 Å². The summed E-state index contributed by atoms with van der Waals surface area (Å²) in [6.07, 6.45) is 4.36. The first-order valence-corrected chi connectivity index (χ1v) is 6.64. The molecule has 4 nitrogen and oxygen atoms in total. The van der Waals surface area contributed by atoms with Gasteiger partial charge in [0.15, 0.2) is 0 Å². The number of aromatic nitrogens is 2. The molecule has 1 aliphatic carbocycles. The number of benzene rings is 1. The summed E-state index contributed by atoms with van der Waals surface area (Å²) in [5, 5.41) is 13.8. The van der Waals surface area contributed by atoms with Crippen LogP contribution in [0.5, 0.6) is 0 Å². The van der Waals surface area contributed by atoms with Crippen LogP contribution in [-0.2, 0) is 0 Å². The number of carboxylic acids is 1. The van der Waals surface area contributed by atoms with Crippen molar-refractivity contribution in [3.05, 3.63) is 42.1 Å². The Balaban J connectivity index is 2.04. The zero-order valence-electron chi connectivity index (χ0n) is 10.6. The zero-order chi connectivity index (χ0) is 13.2. The van der Waals surface area contributed by atoms with Gasteiger partial charge in [0, 0.05) is 5.56 Å². The van der Waals surface area contributed by atoms with E-state index in [0.717, 1.165) is 36.9 Å². The second-order valence-electron chi connectivity index (χ2n) is 4.97. The first kappa shape index (κ1) is 12.0. The second-order valence-corrected chi connectivity index (χ2v) is 4.97. The average Bonchev–Trinajstić information content (AvgIpc) is 3.08. The van der Waals surface area contributed by atoms with Crippen LogP contribution < -0.4 is 0 Å². The van der Waals surface area contributed by atoms with Gasteiger partial charge in [-0.2, -0.15) is 5.10 Å². The maximum Gasteiger partial charge on any atom is 0.354 e. The van der Waals surface area contributed by atoms with Crippen molar-refractivity contribution in [2.45, 2.75) is 31.7 Å². The number of aromatic carboxylic acids is 1. The van der Waals surface area contributed by atoms with E-state index in [2.05, 4.69) is 5.10 Å². The predicted octanol–water partition coefficient (Wildman–Crippen LogP) is 3.36. The number of carboxylic acid groups (broad SMARTS) is 1. The van der Waals surface area contributed by atoms with E-state index >= 15 is 0 Å². The Hall–Kier alpha value is -2.10. The molecule has 3 rings (SSSR count). The third kappa shape index (κ3) is 2.26. The van der Waals surface area contributed by atoms with Gasteiger partial charge in [-0.3, -0.25) is 4.68 Å². The van der Waals surface area contributed by atoms with E-state index in [4.69, 9.17) is 0 Å². The van der Waals surface area contributed by atoms with Gasteiger partial charge >= 0.3 is 5.97 Å². The highest BCUT2D eigenvalue weighted by Gasteiger charge is 2.24. The molecule has 0 aliphatic heterocycles. The molecule has 98 valence electrons. The third-order valence-electron chi connectivity index (χ3n) is 3.69. The summed E-state index contributed by atoms with van der Waals surface area (Å²) in [5.41, 5.74) is 2.00. The minimum atomic E-state index is -0.901. The van der Waals surface area contributed by atoms with Crippen molar-refractivity contribution in [1.29, 1.82) is 0 Å². The van der Waals surface area contributed by atoms with Gasteiger partial charge in [-0.1, -0.05) is 43.2 Å². The molecule has 19 heavy (non-hydrogen) atoms. The van der Waals surface area contributed by atoms with Crippen molar-refractivity contribution in [2.75, 3.05) is 0 Å². The smallest absolute Gasteiger partial charge is 0.354 e. The van der Waals surface area contributed by atoms with Crippen LogP contribution in [0.1, 0.15) is 42.2 Å². The molecule has 1 saturated carbocycles. The number of hydrogen-bond donors (Lipinski definition) is 1. The first-order chi connectivity index (χ1) is 9.25. The van der Waals surface area contributed by atoms with Crippen LogP contribution in [0.4, 0.5) is 0 Å². The Kier molecular flexibility index (Phi) is 3.07. The monoisotopic (exact) mass is 256 g/mol. The van der Waals surface area contributed by atoms with E-state index in [0.29, 0.717) is 5.69 Å². The van der Waals surface area contributed by atoms with Gasteiger partial charge < -0.3 is 5.11 Å². The lowest BCUT2D eigenvalue weighted by Crippen LogP contribution is -2.14. The molecule has 4 heteroatoms. The summed E-state index contributed by atoms with van der Waals surface area (Å²) in [5.74, 6) is -0.901. The molecule has 1 aromatic heterocycles. The van der Waals surface area contributed by atoms with Crippen molar-refractivity contribution in [3.8, 4) is 11.3 Å². The fourth-order valence-corrected chi connectivity index (χ4v) is 2.73. The van der Waals surface area contributed by atoms with Gasteiger partial charge in [0.25, 0.3) is 0 Å². The third-order valence-corrected chi connectivity index (χ3v) is 3.69. The summed E-state index contributed by atoms with van der Waals surface area (Å²) in [6.45, 7) is 0. The molecule has 1 fully saturated rings. The maximum atomic E-state index is 11.4. The van der Waals surface area contributed by atoms with Crippen molar-refractivity contribution in [2.24, 2.45) is 0 Å². The molecule has 0 spiro atoms. The van der Waals surface area contributed by atoms with E-state index < -0.39 is 5.97 Å². The van der Waals surface area contributed by atoms with Gasteiger partial charge in [0.1, 0.15) is 5.69 Å². The molecule has 0 unspecified atom stereocenters. The SMILES string of the molecule is O=C(O)c1cc(-c2ccccc2)nn1C1CCCC1. The molecule has 2 aromatic rings. The Morgan fingerprint density at radius 3 is 2.53 bits per heavy atom. The standard InChI is InChI=1S/C15H16N2O2/c18-15(19)14-10-13(11-6-2-1-3-7-11)16-17(14)12-8-4-5-9-12/h1-3,6-7,10,12H,4-5,8-9H2,(H,18,19). The lowest BCUT2D eigenvalue weighted by Gasteiger charge is -2.11. The summed E-state index contributed by atoms with van der Waals surface area (Å²) < 4.78 is 1.71. The minimum absolute atomic E-state index is 0.239. The largest absolute Gasteiger partial charge is 0.477 e. The van der Waals surface area contributed by atoms with E-state index in [-0.39, 0.29) is 6.04 Å². The highest BCUT2D eigenvalue weighted by molar-refractivity contribution is 5.87. The Morgan fingerprint density at radius 1 is 1.21 bits per heavy atom. The summed E-state index contributed by atoms with van der Waals surface area (Å²) in [7, 11) is 0. The van der Waals surface area contributed by atoms with Gasteiger partial charge in [-0.15, -0.1) is 0 Å². The Bertz CT molecular complexity index is 583.